The lowest BCUT2D eigenvalue weighted by Crippen LogP contribution is -2.15. The van der Waals surface area contributed by atoms with Crippen LogP contribution in [0.15, 0.2) is 4.52 Å². The van der Waals surface area contributed by atoms with Crippen LogP contribution in [0.25, 0.3) is 0 Å². The Morgan fingerprint density at radius 3 is 2.75 bits per heavy atom. The van der Waals surface area contributed by atoms with E-state index in [2.05, 4.69) is 17.1 Å². The van der Waals surface area contributed by atoms with Crippen molar-refractivity contribution in [3.8, 4) is 0 Å². The summed E-state index contributed by atoms with van der Waals surface area (Å²) in [5, 5.41) is 3.71. The molecule has 4 heteroatoms. The molecule has 0 aliphatic carbocycles. The maximum Gasteiger partial charge on any atom is 0.226 e. The standard InChI is InChI=1S/C8H15N3O/c1-3-7(5-9)4-8-10-6(2)11-12-8/h7H,3-5,9H2,1-2H3. The lowest BCUT2D eigenvalue weighted by atomic mass is 10.0. The largest absolute Gasteiger partial charge is 0.339 e. The second-order valence-corrected chi connectivity index (χ2v) is 2.95. The van der Waals surface area contributed by atoms with Gasteiger partial charge in [0.1, 0.15) is 0 Å². The molecule has 68 valence electrons. The molecule has 0 amide bonds. The van der Waals surface area contributed by atoms with E-state index in [0.717, 1.165) is 12.8 Å². The van der Waals surface area contributed by atoms with Gasteiger partial charge in [-0.25, -0.2) is 0 Å². The lowest BCUT2D eigenvalue weighted by Gasteiger charge is -2.07. The Morgan fingerprint density at radius 1 is 1.58 bits per heavy atom. The van der Waals surface area contributed by atoms with Crippen LogP contribution in [0.1, 0.15) is 25.1 Å². The van der Waals surface area contributed by atoms with E-state index >= 15 is 0 Å². The highest BCUT2D eigenvalue weighted by Crippen LogP contribution is 2.08. The molecule has 1 aromatic rings. The SMILES string of the molecule is CCC(CN)Cc1nc(C)no1. The first kappa shape index (κ1) is 9.19. The second-order valence-electron chi connectivity index (χ2n) is 2.95. The molecule has 4 nitrogen and oxygen atoms in total. The molecule has 1 rings (SSSR count). The van der Waals surface area contributed by atoms with Crippen molar-refractivity contribution >= 4 is 0 Å². The summed E-state index contributed by atoms with van der Waals surface area (Å²) in [6.07, 6.45) is 1.85. The van der Waals surface area contributed by atoms with E-state index in [1.807, 2.05) is 6.92 Å². The molecule has 1 atom stereocenters. The zero-order valence-corrected chi connectivity index (χ0v) is 7.58. The molecule has 12 heavy (non-hydrogen) atoms. The van der Waals surface area contributed by atoms with Gasteiger partial charge < -0.3 is 10.3 Å². The van der Waals surface area contributed by atoms with Crippen LogP contribution in [0.2, 0.25) is 0 Å². The zero-order valence-electron chi connectivity index (χ0n) is 7.58. The minimum Gasteiger partial charge on any atom is -0.339 e. The van der Waals surface area contributed by atoms with Gasteiger partial charge in [0.2, 0.25) is 5.89 Å². The first-order valence-electron chi connectivity index (χ1n) is 4.25. The molecule has 1 unspecified atom stereocenters. The van der Waals surface area contributed by atoms with Crippen molar-refractivity contribution in [3.63, 3.8) is 0 Å². The first-order valence-corrected chi connectivity index (χ1v) is 4.25. The van der Waals surface area contributed by atoms with Gasteiger partial charge in [-0.1, -0.05) is 18.5 Å². The monoisotopic (exact) mass is 169 g/mol. The lowest BCUT2D eigenvalue weighted by molar-refractivity contribution is 0.348. The maximum absolute atomic E-state index is 5.55. The van der Waals surface area contributed by atoms with Gasteiger partial charge in [0.25, 0.3) is 0 Å². The molecule has 0 radical (unpaired) electrons. The highest BCUT2D eigenvalue weighted by molar-refractivity contribution is 4.84. The number of aromatic nitrogens is 2. The van der Waals surface area contributed by atoms with Crippen molar-refractivity contribution in [2.24, 2.45) is 11.7 Å². The average Bonchev–Trinajstić information content (AvgIpc) is 2.47. The van der Waals surface area contributed by atoms with E-state index in [4.69, 9.17) is 10.3 Å². The van der Waals surface area contributed by atoms with Crippen molar-refractivity contribution in [2.45, 2.75) is 26.7 Å². The van der Waals surface area contributed by atoms with Gasteiger partial charge in [0.05, 0.1) is 0 Å². The van der Waals surface area contributed by atoms with Gasteiger partial charge in [0.15, 0.2) is 5.82 Å². The molecule has 0 aliphatic heterocycles. The predicted molar refractivity (Wildman–Crippen MR) is 45.6 cm³/mol. The summed E-state index contributed by atoms with van der Waals surface area (Å²) in [6.45, 7) is 4.61. The normalized spacial score (nSPS) is 13.2. The average molecular weight is 169 g/mol. The zero-order chi connectivity index (χ0) is 8.97. The number of hydrogen-bond donors (Lipinski definition) is 1. The van der Waals surface area contributed by atoms with Crippen LogP contribution >= 0.6 is 0 Å². The second kappa shape index (κ2) is 4.21. The van der Waals surface area contributed by atoms with E-state index in [1.54, 1.807) is 0 Å². The number of rotatable bonds is 4. The van der Waals surface area contributed by atoms with Crippen molar-refractivity contribution in [3.05, 3.63) is 11.7 Å². The van der Waals surface area contributed by atoms with Gasteiger partial charge in [-0.15, -0.1) is 0 Å². The molecule has 0 spiro atoms. The van der Waals surface area contributed by atoms with Crippen LogP contribution in [-0.4, -0.2) is 16.7 Å². The molecule has 0 aliphatic rings. The number of aryl methyl sites for hydroxylation is 1. The molecule has 0 bridgehead atoms. The Bertz CT molecular complexity index is 230. The van der Waals surface area contributed by atoms with Gasteiger partial charge in [-0.3, -0.25) is 0 Å². The number of nitrogens with two attached hydrogens (primary N) is 1. The molecule has 0 saturated heterocycles. The molecular weight excluding hydrogens is 154 g/mol. The Hall–Kier alpha value is -0.900. The fourth-order valence-electron chi connectivity index (χ4n) is 1.06. The van der Waals surface area contributed by atoms with Crippen molar-refractivity contribution in [2.75, 3.05) is 6.54 Å². The summed E-state index contributed by atoms with van der Waals surface area (Å²) >= 11 is 0. The highest BCUT2D eigenvalue weighted by Gasteiger charge is 2.09. The van der Waals surface area contributed by atoms with E-state index in [9.17, 15) is 0 Å². The fraction of sp³-hybridized carbons (Fsp3) is 0.750. The van der Waals surface area contributed by atoms with Crippen molar-refractivity contribution in [1.82, 2.24) is 10.1 Å². The summed E-state index contributed by atoms with van der Waals surface area (Å²) in [5.41, 5.74) is 5.55. The van der Waals surface area contributed by atoms with Crippen molar-refractivity contribution < 1.29 is 4.52 Å². The Kier molecular flexibility index (Phi) is 3.22. The fourth-order valence-corrected chi connectivity index (χ4v) is 1.06. The minimum atomic E-state index is 0.463. The van der Waals surface area contributed by atoms with Crippen molar-refractivity contribution in [1.29, 1.82) is 0 Å². The highest BCUT2D eigenvalue weighted by atomic mass is 16.5. The molecule has 1 heterocycles. The van der Waals surface area contributed by atoms with Crippen LogP contribution < -0.4 is 5.73 Å². The molecule has 2 N–H and O–H groups in total. The van der Waals surface area contributed by atoms with Crippen LogP contribution in [-0.2, 0) is 6.42 Å². The summed E-state index contributed by atoms with van der Waals surface area (Å²) in [7, 11) is 0. The van der Waals surface area contributed by atoms with Gasteiger partial charge >= 0.3 is 0 Å². The van der Waals surface area contributed by atoms with Gasteiger partial charge in [-0.2, -0.15) is 4.98 Å². The third-order valence-electron chi connectivity index (χ3n) is 1.94. The number of hydrogen-bond acceptors (Lipinski definition) is 4. The maximum atomic E-state index is 5.55. The summed E-state index contributed by atoms with van der Waals surface area (Å²) in [6, 6.07) is 0. The van der Waals surface area contributed by atoms with Gasteiger partial charge in [-0.05, 0) is 19.4 Å². The summed E-state index contributed by atoms with van der Waals surface area (Å²) in [5.74, 6) is 1.85. The third-order valence-corrected chi connectivity index (χ3v) is 1.94. The van der Waals surface area contributed by atoms with E-state index < -0.39 is 0 Å². The summed E-state index contributed by atoms with van der Waals surface area (Å²) < 4.78 is 4.98. The topological polar surface area (TPSA) is 64.9 Å². The molecule has 0 saturated carbocycles. The molecule has 1 aromatic heterocycles. The Morgan fingerprint density at radius 2 is 2.33 bits per heavy atom. The Labute approximate surface area is 72.1 Å². The molecular formula is C8H15N3O. The van der Waals surface area contributed by atoms with E-state index in [-0.39, 0.29) is 0 Å². The first-order chi connectivity index (χ1) is 5.76. The van der Waals surface area contributed by atoms with Crippen LogP contribution in [0.4, 0.5) is 0 Å². The predicted octanol–water partition coefficient (Wildman–Crippen LogP) is 0.905. The van der Waals surface area contributed by atoms with E-state index in [1.165, 1.54) is 0 Å². The third kappa shape index (κ3) is 2.30. The van der Waals surface area contributed by atoms with E-state index in [0.29, 0.717) is 24.2 Å². The van der Waals surface area contributed by atoms with Crippen LogP contribution in [0, 0.1) is 12.8 Å². The Balaban J connectivity index is 2.50. The number of nitrogens with zero attached hydrogens (tertiary/aromatic N) is 2. The van der Waals surface area contributed by atoms with Gasteiger partial charge in [0, 0.05) is 6.42 Å². The smallest absolute Gasteiger partial charge is 0.226 e. The summed E-state index contributed by atoms with van der Waals surface area (Å²) in [4.78, 5) is 4.11. The quantitative estimate of drug-likeness (QED) is 0.727. The van der Waals surface area contributed by atoms with Crippen LogP contribution in [0.3, 0.4) is 0 Å². The van der Waals surface area contributed by atoms with Crippen LogP contribution in [0.5, 0.6) is 0 Å². The molecule has 0 fully saturated rings. The minimum absolute atomic E-state index is 0.463. The molecule has 0 aromatic carbocycles.